The lowest BCUT2D eigenvalue weighted by molar-refractivity contribution is -0.384. The van der Waals surface area contributed by atoms with Crippen molar-refractivity contribution in [1.82, 2.24) is 14.7 Å². The minimum atomic E-state index is -0.377. The maximum absolute atomic E-state index is 10.9. The van der Waals surface area contributed by atoms with Gasteiger partial charge in [-0.25, -0.2) is 0 Å². The third-order valence-electron chi connectivity index (χ3n) is 4.83. The van der Waals surface area contributed by atoms with Crippen LogP contribution in [-0.4, -0.2) is 26.7 Å². The molecule has 1 aliphatic carbocycles. The maximum Gasteiger partial charge on any atom is 0.270 e. The van der Waals surface area contributed by atoms with Gasteiger partial charge >= 0.3 is 0 Å². The summed E-state index contributed by atoms with van der Waals surface area (Å²) in [5.74, 6) is 0. The molecule has 3 aromatic rings. The first-order valence-corrected chi connectivity index (χ1v) is 8.01. The molecule has 0 saturated heterocycles. The molecule has 0 N–H and O–H groups in total. The maximum atomic E-state index is 10.9. The zero-order chi connectivity index (χ0) is 16.7. The molecule has 2 aromatic carbocycles. The Kier molecular flexibility index (Phi) is 3.54. The van der Waals surface area contributed by atoms with Crippen LogP contribution in [0.3, 0.4) is 0 Å². The van der Waals surface area contributed by atoms with E-state index in [1.165, 1.54) is 17.2 Å². The van der Waals surface area contributed by atoms with E-state index in [4.69, 9.17) is 0 Å². The lowest BCUT2D eigenvalue weighted by Gasteiger charge is -2.25. The first-order chi connectivity index (χ1) is 11.6. The van der Waals surface area contributed by atoms with E-state index in [-0.39, 0.29) is 10.6 Å². The van der Waals surface area contributed by atoms with Gasteiger partial charge in [-0.2, -0.15) is 5.10 Å². The lowest BCUT2D eigenvalue weighted by Crippen LogP contribution is -2.26. The summed E-state index contributed by atoms with van der Waals surface area (Å²) >= 11 is 0. The Morgan fingerprint density at radius 1 is 1.33 bits per heavy atom. The normalized spacial score (nSPS) is 16.7. The number of nitro groups is 1. The Balaban J connectivity index is 1.59. The fraction of sp³-hybridized carbons (Fsp3) is 0.278. The molecule has 6 nitrogen and oxygen atoms in total. The van der Waals surface area contributed by atoms with E-state index in [9.17, 15) is 10.1 Å². The van der Waals surface area contributed by atoms with Crippen molar-refractivity contribution in [3.8, 4) is 0 Å². The van der Waals surface area contributed by atoms with Crippen LogP contribution >= 0.6 is 0 Å². The Morgan fingerprint density at radius 2 is 2.17 bits per heavy atom. The molecule has 122 valence electrons. The fourth-order valence-corrected chi connectivity index (χ4v) is 3.60. The minimum Gasteiger partial charge on any atom is -0.280 e. The van der Waals surface area contributed by atoms with Gasteiger partial charge in [-0.1, -0.05) is 24.3 Å². The Labute approximate surface area is 139 Å². The predicted octanol–water partition coefficient (Wildman–Crippen LogP) is 3.52. The molecule has 4 rings (SSSR count). The summed E-state index contributed by atoms with van der Waals surface area (Å²) in [4.78, 5) is 12.8. The molecule has 1 aromatic heterocycles. The molecule has 0 aliphatic heterocycles. The van der Waals surface area contributed by atoms with Crippen molar-refractivity contribution < 1.29 is 4.92 Å². The summed E-state index contributed by atoms with van der Waals surface area (Å²) in [5.41, 5.74) is 3.83. The highest BCUT2D eigenvalue weighted by Crippen LogP contribution is 2.35. The van der Waals surface area contributed by atoms with Gasteiger partial charge in [0.1, 0.15) is 0 Å². The highest BCUT2D eigenvalue weighted by atomic mass is 16.6. The van der Waals surface area contributed by atoms with Gasteiger partial charge in [-0.3, -0.25) is 19.7 Å². The fourth-order valence-electron chi connectivity index (χ4n) is 3.60. The van der Waals surface area contributed by atoms with Crippen LogP contribution in [0, 0.1) is 10.1 Å². The molecule has 0 radical (unpaired) electrons. The topological polar surface area (TPSA) is 64.2 Å². The summed E-state index contributed by atoms with van der Waals surface area (Å²) in [6.07, 6.45) is 3.91. The molecule has 24 heavy (non-hydrogen) atoms. The van der Waals surface area contributed by atoms with E-state index >= 15 is 0 Å². The molecule has 0 fully saturated rings. The van der Waals surface area contributed by atoms with Crippen molar-refractivity contribution in [2.24, 2.45) is 0 Å². The number of rotatable bonds is 4. The minimum absolute atomic E-state index is 0.0973. The number of nitrogens with zero attached hydrogens (tertiary/aromatic N) is 4. The van der Waals surface area contributed by atoms with Crippen molar-refractivity contribution in [2.45, 2.75) is 25.6 Å². The second kappa shape index (κ2) is 5.72. The highest BCUT2D eigenvalue weighted by molar-refractivity contribution is 5.81. The van der Waals surface area contributed by atoms with Crippen LogP contribution in [0.15, 0.2) is 48.7 Å². The summed E-state index contributed by atoms with van der Waals surface area (Å²) in [5, 5.41) is 16.1. The highest BCUT2D eigenvalue weighted by Gasteiger charge is 2.25. The van der Waals surface area contributed by atoms with Gasteiger partial charge in [0.25, 0.3) is 5.69 Å². The smallest absolute Gasteiger partial charge is 0.270 e. The number of hydrogen-bond donors (Lipinski definition) is 0. The molecule has 0 amide bonds. The van der Waals surface area contributed by atoms with Crippen LogP contribution in [0.4, 0.5) is 5.69 Å². The number of fused-ring (bicyclic) bond motifs is 2. The van der Waals surface area contributed by atoms with Crippen molar-refractivity contribution in [3.63, 3.8) is 0 Å². The largest absolute Gasteiger partial charge is 0.280 e. The summed E-state index contributed by atoms with van der Waals surface area (Å²) in [6, 6.07) is 13.9. The van der Waals surface area contributed by atoms with E-state index in [0.29, 0.717) is 12.7 Å². The second-order valence-electron chi connectivity index (χ2n) is 6.30. The van der Waals surface area contributed by atoms with Crippen LogP contribution in [0.1, 0.15) is 23.6 Å². The average molecular weight is 322 g/mol. The predicted molar refractivity (Wildman–Crippen MR) is 91.7 cm³/mol. The Morgan fingerprint density at radius 3 is 3.00 bits per heavy atom. The molecule has 1 atom stereocenters. The van der Waals surface area contributed by atoms with Crippen LogP contribution in [0.25, 0.3) is 10.9 Å². The van der Waals surface area contributed by atoms with Crippen LogP contribution < -0.4 is 0 Å². The quantitative estimate of drug-likeness (QED) is 0.544. The summed E-state index contributed by atoms with van der Waals surface area (Å²) < 4.78 is 1.90. The Bertz CT molecular complexity index is 918. The van der Waals surface area contributed by atoms with Crippen molar-refractivity contribution in [2.75, 3.05) is 7.05 Å². The van der Waals surface area contributed by atoms with Crippen LogP contribution in [-0.2, 0) is 13.1 Å². The van der Waals surface area contributed by atoms with Crippen LogP contribution in [0.5, 0.6) is 0 Å². The number of nitro benzene ring substituents is 1. The van der Waals surface area contributed by atoms with Gasteiger partial charge in [-0.05, 0) is 37.1 Å². The van der Waals surface area contributed by atoms with Crippen molar-refractivity contribution in [3.05, 3.63) is 69.9 Å². The third kappa shape index (κ3) is 2.45. The molecule has 0 bridgehead atoms. The monoisotopic (exact) mass is 322 g/mol. The number of hydrogen-bond acceptors (Lipinski definition) is 4. The number of aryl methyl sites for hydroxylation is 1. The van der Waals surface area contributed by atoms with E-state index in [2.05, 4.69) is 41.3 Å². The molecule has 0 spiro atoms. The van der Waals surface area contributed by atoms with Gasteiger partial charge in [0.15, 0.2) is 0 Å². The van der Waals surface area contributed by atoms with Gasteiger partial charge in [-0.15, -0.1) is 0 Å². The first-order valence-electron chi connectivity index (χ1n) is 8.01. The van der Waals surface area contributed by atoms with E-state index in [1.807, 2.05) is 4.68 Å². The Hall–Kier alpha value is -2.73. The zero-order valence-corrected chi connectivity index (χ0v) is 13.4. The molecule has 0 unspecified atom stereocenters. The van der Waals surface area contributed by atoms with Crippen LogP contribution in [0.2, 0.25) is 0 Å². The lowest BCUT2D eigenvalue weighted by atomic mass is 10.1. The van der Waals surface area contributed by atoms with Gasteiger partial charge in [0, 0.05) is 23.6 Å². The van der Waals surface area contributed by atoms with E-state index in [0.717, 1.165) is 23.7 Å². The zero-order valence-electron chi connectivity index (χ0n) is 13.4. The molecular weight excluding hydrogens is 304 g/mol. The second-order valence-corrected chi connectivity index (χ2v) is 6.30. The van der Waals surface area contributed by atoms with Gasteiger partial charge in [0.2, 0.25) is 0 Å². The van der Waals surface area contributed by atoms with Crippen molar-refractivity contribution >= 4 is 16.6 Å². The summed E-state index contributed by atoms with van der Waals surface area (Å²) in [6.45, 7) is 0.653. The summed E-state index contributed by atoms with van der Waals surface area (Å²) in [7, 11) is 2.10. The molecule has 1 aliphatic rings. The standard InChI is InChI=1S/C18H18N4O2/c1-20(18-8-6-13-4-2-3-5-16(13)18)12-21-17-9-7-15(22(23)24)10-14(17)11-19-21/h2-5,7,9-11,18H,6,8,12H2,1H3/t18-/m1/s1. The first kappa shape index (κ1) is 14.8. The molecule has 6 heteroatoms. The molecule has 1 heterocycles. The van der Waals surface area contributed by atoms with Crippen molar-refractivity contribution in [1.29, 1.82) is 0 Å². The SMILES string of the molecule is CN(Cn1ncc2cc([N+](=O)[O-])ccc21)[C@@H]1CCc2ccccc21. The molecular formula is C18H18N4O2. The number of aromatic nitrogens is 2. The van der Waals surface area contributed by atoms with Gasteiger partial charge in [0.05, 0.1) is 23.3 Å². The average Bonchev–Trinajstić information content (AvgIpc) is 3.18. The van der Waals surface area contributed by atoms with E-state index < -0.39 is 0 Å². The third-order valence-corrected chi connectivity index (χ3v) is 4.83. The van der Waals surface area contributed by atoms with E-state index in [1.54, 1.807) is 18.3 Å². The number of non-ortho nitro benzene ring substituents is 1. The number of benzene rings is 2. The molecule has 0 saturated carbocycles. The van der Waals surface area contributed by atoms with Gasteiger partial charge < -0.3 is 0 Å².